The fraction of sp³-hybridized carbons (Fsp3) is 0.176. The van der Waals surface area contributed by atoms with Gasteiger partial charge in [-0.05, 0) is 75.2 Å². The minimum atomic E-state index is -2.47. The van der Waals surface area contributed by atoms with Gasteiger partial charge in [0.2, 0.25) is 0 Å². The van der Waals surface area contributed by atoms with Crippen molar-refractivity contribution < 1.29 is 9.59 Å². The monoisotopic (exact) mass is 570 g/mol. The van der Waals surface area contributed by atoms with Gasteiger partial charge >= 0.3 is 0 Å². The molecule has 2 N–H and O–H groups in total. The summed E-state index contributed by atoms with van der Waals surface area (Å²) in [7, 11) is -4.60. The van der Waals surface area contributed by atoms with Crippen LogP contribution in [0.5, 0.6) is 0 Å². The van der Waals surface area contributed by atoms with E-state index in [-0.39, 0.29) is 23.1 Å². The fourth-order valence-electron chi connectivity index (χ4n) is 6.48. The number of carbonyl (C=O) groups excluding carboxylic acids is 2. The predicted octanol–water partition coefficient (Wildman–Crippen LogP) is 8.31. The maximum absolute atomic E-state index is 13.9. The molecule has 4 aromatic carbocycles. The van der Waals surface area contributed by atoms with Crippen LogP contribution in [-0.2, 0) is 0 Å². The van der Waals surface area contributed by atoms with Crippen molar-refractivity contribution in [2.75, 3.05) is 0 Å². The predicted molar refractivity (Wildman–Crippen MR) is 177 cm³/mol. The summed E-state index contributed by atoms with van der Waals surface area (Å²) in [5, 5.41) is 6.55. The molecule has 0 aromatic heterocycles. The molecular formula is C34H35BN2O2Si2. The largest absolute Gasteiger partial charge is 0.408 e. The molecule has 41 heavy (non-hydrogen) atoms. The fourth-order valence-corrected chi connectivity index (χ4v) is 16.9. The lowest BCUT2D eigenvalue weighted by molar-refractivity contribution is 0.256. The average molecular weight is 571 g/mol. The van der Waals surface area contributed by atoms with Gasteiger partial charge in [-0.15, -0.1) is 0 Å². The van der Waals surface area contributed by atoms with Crippen LogP contribution < -0.4 is 10.5 Å². The number of amides is 2. The van der Waals surface area contributed by atoms with E-state index in [1.165, 1.54) is 11.1 Å². The summed E-state index contributed by atoms with van der Waals surface area (Å²) in [6.07, 6.45) is 2.20. The van der Waals surface area contributed by atoms with Crippen molar-refractivity contribution in [1.29, 1.82) is 0 Å². The van der Waals surface area contributed by atoms with Crippen LogP contribution in [0.4, 0.5) is 9.59 Å². The van der Waals surface area contributed by atoms with Crippen LogP contribution in [0.25, 0.3) is 39.5 Å². The molecule has 0 spiro atoms. The van der Waals surface area contributed by atoms with Gasteiger partial charge in [-0.2, -0.15) is 0 Å². The molecule has 4 nitrogen and oxygen atoms in total. The van der Waals surface area contributed by atoms with Gasteiger partial charge in [0.1, 0.15) is 15.9 Å². The topological polar surface area (TPSA) is 58.2 Å². The number of hydrogen-bond donors (Lipinski definition) is 2. The SMILES string of the molecule is CC1=Cc2cccc(-c3cc(-c4ccccc4)cc(-c4ccccc4)c3)c2C1NC(=O)[Si](C)(C)B1NC(=O)[Si]1(C)C. The Labute approximate surface area is 244 Å². The third-order valence-corrected chi connectivity index (χ3v) is 19.0. The highest BCUT2D eigenvalue weighted by atomic mass is 28.4. The molecular weight excluding hydrogens is 535 g/mol. The van der Waals surface area contributed by atoms with E-state index in [0.717, 1.165) is 39.0 Å². The standard InChI is InChI=1S/C34H35BN2O2Si2/c1-23-19-26-17-12-18-30(31(26)32(23)36-33(38)40(2,3)35-37-34(39)41(35,4)5)29-21-27(24-13-8-6-9-14-24)20-28(22-29)25-15-10-7-11-16-25/h6-22,32H,1-5H3,(H,36,38)(H,37,39). The molecule has 2 aliphatic rings. The number of rotatable bonds is 6. The third kappa shape index (κ3) is 4.73. The minimum absolute atomic E-state index is 0.0406. The van der Waals surface area contributed by atoms with Gasteiger partial charge in [0, 0.05) is 0 Å². The first-order valence-corrected chi connectivity index (χ1v) is 20.4. The summed E-state index contributed by atoms with van der Waals surface area (Å²) < 4.78 is 0. The molecule has 1 saturated heterocycles. The maximum Gasteiger partial charge on any atom is 0.254 e. The Bertz CT molecular complexity index is 1640. The second-order valence-corrected chi connectivity index (χ2v) is 22.0. The molecule has 204 valence electrons. The van der Waals surface area contributed by atoms with E-state index < -0.39 is 15.9 Å². The van der Waals surface area contributed by atoms with Gasteiger partial charge in [0.15, 0.2) is 11.1 Å². The van der Waals surface area contributed by atoms with E-state index in [4.69, 9.17) is 0 Å². The van der Waals surface area contributed by atoms with Gasteiger partial charge in [0.05, 0.1) is 6.04 Å². The molecule has 1 unspecified atom stereocenters. The Morgan fingerprint density at radius 1 is 0.805 bits per heavy atom. The van der Waals surface area contributed by atoms with E-state index in [0.29, 0.717) is 0 Å². The van der Waals surface area contributed by atoms with E-state index in [9.17, 15) is 9.59 Å². The highest BCUT2D eigenvalue weighted by molar-refractivity contribution is 7.75. The molecule has 1 heterocycles. The maximum atomic E-state index is 13.9. The van der Waals surface area contributed by atoms with Crippen molar-refractivity contribution >= 4 is 39.1 Å². The van der Waals surface area contributed by atoms with Gasteiger partial charge in [-0.1, -0.05) is 111 Å². The molecule has 4 aromatic rings. The zero-order valence-electron chi connectivity index (χ0n) is 24.3. The Balaban J connectivity index is 1.42. The average Bonchev–Trinajstić information content (AvgIpc) is 3.31. The Morgan fingerprint density at radius 3 is 1.90 bits per heavy atom. The normalized spacial score (nSPS) is 17.3. The smallest absolute Gasteiger partial charge is 0.254 e. The number of fused-ring (bicyclic) bond motifs is 1. The second kappa shape index (κ2) is 10.2. The summed E-state index contributed by atoms with van der Waals surface area (Å²) >= 11 is 0. The van der Waals surface area contributed by atoms with Gasteiger partial charge in [-0.25, -0.2) is 0 Å². The molecule has 1 aliphatic heterocycles. The van der Waals surface area contributed by atoms with Crippen LogP contribution in [0.15, 0.2) is 103 Å². The van der Waals surface area contributed by atoms with Gasteiger partial charge < -0.3 is 10.5 Å². The van der Waals surface area contributed by atoms with Crippen LogP contribution in [0, 0.1) is 0 Å². The van der Waals surface area contributed by atoms with E-state index in [1.807, 2.05) is 12.1 Å². The molecule has 1 fully saturated rings. The number of nitrogens with one attached hydrogen (secondary N) is 2. The molecule has 0 bridgehead atoms. The Kier molecular flexibility index (Phi) is 6.75. The summed E-state index contributed by atoms with van der Waals surface area (Å²) in [5.41, 5.74) is 10.6. The number of hydrogen-bond acceptors (Lipinski definition) is 2. The summed E-state index contributed by atoms with van der Waals surface area (Å²) in [6, 6.07) is 34.0. The van der Waals surface area contributed by atoms with E-state index in [1.54, 1.807) is 0 Å². The van der Waals surface area contributed by atoms with Crippen LogP contribution >= 0.6 is 0 Å². The minimum Gasteiger partial charge on any atom is -0.408 e. The van der Waals surface area contributed by atoms with Crippen molar-refractivity contribution in [2.24, 2.45) is 0 Å². The zero-order chi connectivity index (χ0) is 28.9. The lowest BCUT2D eigenvalue weighted by Crippen LogP contribution is -2.87. The Morgan fingerprint density at radius 2 is 1.37 bits per heavy atom. The van der Waals surface area contributed by atoms with E-state index >= 15 is 0 Å². The van der Waals surface area contributed by atoms with Crippen LogP contribution in [0.3, 0.4) is 0 Å². The van der Waals surface area contributed by atoms with Gasteiger partial charge in [-0.3, -0.25) is 9.59 Å². The van der Waals surface area contributed by atoms with Crippen molar-refractivity contribution in [2.45, 2.75) is 39.2 Å². The van der Waals surface area contributed by atoms with E-state index in [2.05, 4.69) is 135 Å². The van der Waals surface area contributed by atoms with Crippen molar-refractivity contribution in [3.63, 3.8) is 0 Å². The Hall–Kier alpha value is -3.94. The summed E-state index contributed by atoms with van der Waals surface area (Å²) in [5.74, 6) is 0. The zero-order valence-corrected chi connectivity index (χ0v) is 26.3. The first-order valence-electron chi connectivity index (χ1n) is 14.3. The molecule has 0 radical (unpaired) electrons. The van der Waals surface area contributed by atoms with Crippen LogP contribution in [0.1, 0.15) is 24.1 Å². The summed E-state index contributed by atoms with van der Waals surface area (Å²) in [4.78, 5) is 26.2. The lowest BCUT2D eigenvalue weighted by atomic mass is 9.89. The van der Waals surface area contributed by atoms with Crippen molar-refractivity contribution in [3.8, 4) is 33.4 Å². The van der Waals surface area contributed by atoms with Crippen LogP contribution in [-0.4, -0.2) is 33.0 Å². The first kappa shape index (κ1) is 27.2. The van der Waals surface area contributed by atoms with Crippen LogP contribution in [0.2, 0.25) is 26.2 Å². The third-order valence-electron chi connectivity index (χ3n) is 8.89. The highest BCUT2D eigenvalue weighted by Gasteiger charge is 2.63. The quantitative estimate of drug-likeness (QED) is 0.229. The van der Waals surface area contributed by atoms with Gasteiger partial charge in [0.25, 0.3) is 6.03 Å². The first-order chi connectivity index (χ1) is 19.6. The highest BCUT2D eigenvalue weighted by Crippen LogP contribution is 2.43. The summed E-state index contributed by atoms with van der Waals surface area (Å²) in [6.45, 7) is 10.4. The van der Waals surface area contributed by atoms with Crippen molar-refractivity contribution in [3.05, 3.63) is 114 Å². The van der Waals surface area contributed by atoms with Crippen molar-refractivity contribution in [1.82, 2.24) is 10.5 Å². The molecule has 6 rings (SSSR count). The molecule has 1 aliphatic carbocycles. The molecule has 0 saturated carbocycles. The molecule has 2 amide bonds. The second-order valence-electron chi connectivity index (χ2n) is 12.5. The molecule has 7 heteroatoms. The number of carbonyl (C=O) groups is 2. The molecule has 1 atom stereocenters. The number of benzene rings is 4. The lowest BCUT2D eigenvalue weighted by Gasteiger charge is -2.46.